The minimum Gasteiger partial charge on any atom is -0.480 e. The fourth-order valence-electron chi connectivity index (χ4n) is 2.38. The van der Waals surface area contributed by atoms with Crippen LogP contribution in [0.5, 0.6) is 5.75 Å². The quantitative estimate of drug-likeness (QED) is 0.854. The number of hydrogen-bond donors (Lipinski definition) is 2. The van der Waals surface area contributed by atoms with Crippen LogP contribution in [0.2, 0.25) is 0 Å². The summed E-state index contributed by atoms with van der Waals surface area (Å²) >= 11 is 0. The highest BCUT2D eigenvalue weighted by Gasteiger charge is 2.42. The van der Waals surface area contributed by atoms with E-state index >= 15 is 0 Å². The lowest BCUT2D eigenvalue weighted by Gasteiger charge is -2.41. The molecule has 1 atom stereocenters. The molecule has 0 saturated carbocycles. The number of nitrogens with zero attached hydrogens (tertiary/aromatic N) is 1. The molecule has 0 spiro atoms. The maximum Gasteiger partial charge on any atom is 0.323 e. The zero-order valence-corrected chi connectivity index (χ0v) is 12.3. The number of carbonyl (C=O) groups is 2. The highest BCUT2D eigenvalue weighted by atomic mass is 16.5. The lowest BCUT2D eigenvalue weighted by molar-refractivity contribution is -0.138. The smallest absolute Gasteiger partial charge is 0.323 e. The molecule has 2 rings (SSSR count). The van der Waals surface area contributed by atoms with Crippen LogP contribution in [-0.2, 0) is 9.59 Å². The molecule has 1 aromatic rings. The summed E-state index contributed by atoms with van der Waals surface area (Å²) < 4.78 is 5.84. The molecule has 0 saturated heterocycles. The first-order chi connectivity index (χ1) is 9.96. The summed E-state index contributed by atoms with van der Waals surface area (Å²) in [5.74, 6) is -0.642. The Labute approximate surface area is 123 Å². The highest BCUT2D eigenvalue weighted by molar-refractivity contribution is 5.88. The van der Waals surface area contributed by atoms with Gasteiger partial charge in [-0.1, -0.05) is 19.1 Å². The van der Waals surface area contributed by atoms with Crippen LogP contribution in [0.25, 0.3) is 0 Å². The molecule has 1 unspecified atom stereocenters. The van der Waals surface area contributed by atoms with Gasteiger partial charge in [0.1, 0.15) is 12.3 Å². The summed E-state index contributed by atoms with van der Waals surface area (Å²) in [6, 6.07) is 7.15. The number of fused-ring (bicyclic) bond motifs is 1. The SMILES string of the molecule is CCCNC(=O)C1(C)CN(CC(=O)O)c2ccccc2O1. The normalized spacial score (nSPS) is 20.4. The second kappa shape index (κ2) is 6.03. The molecular weight excluding hydrogens is 272 g/mol. The van der Waals surface area contributed by atoms with Gasteiger partial charge in [-0.05, 0) is 25.5 Å². The Hall–Kier alpha value is -2.24. The fourth-order valence-corrected chi connectivity index (χ4v) is 2.38. The van der Waals surface area contributed by atoms with E-state index in [1.807, 2.05) is 13.0 Å². The summed E-state index contributed by atoms with van der Waals surface area (Å²) in [6.45, 7) is 4.25. The second-order valence-electron chi connectivity index (χ2n) is 5.31. The van der Waals surface area contributed by atoms with Crippen LogP contribution in [-0.4, -0.2) is 42.2 Å². The molecule has 6 nitrogen and oxygen atoms in total. The van der Waals surface area contributed by atoms with Gasteiger partial charge < -0.3 is 20.1 Å². The van der Waals surface area contributed by atoms with E-state index in [9.17, 15) is 9.59 Å². The van der Waals surface area contributed by atoms with E-state index < -0.39 is 11.6 Å². The number of carboxylic acids is 1. The third kappa shape index (κ3) is 3.26. The zero-order chi connectivity index (χ0) is 15.5. The topological polar surface area (TPSA) is 78.9 Å². The predicted molar refractivity (Wildman–Crippen MR) is 78.6 cm³/mol. The number of anilines is 1. The van der Waals surface area contributed by atoms with Gasteiger partial charge in [0.05, 0.1) is 12.2 Å². The first kappa shape index (κ1) is 15.2. The molecule has 21 heavy (non-hydrogen) atoms. The van der Waals surface area contributed by atoms with E-state index in [2.05, 4.69) is 5.32 Å². The number of ether oxygens (including phenoxy) is 1. The van der Waals surface area contributed by atoms with Gasteiger partial charge in [-0.25, -0.2) is 0 Å². The molecule has 0 radical (unpaired) electrons. The van der Waals surface area contributed by atoms with Crippen LogP contribution in [0.4, 0.5) is 5.69 Å². The standard InChI is InChI=1S/C15H20N2O4/c1-3-8-16-14(20)15(2)10-17(9-13(18)19)11-6-4-5-7-12(11)21-15/h4-7H,3,8-10H2,1-2H3,(H,16,20)(H,18,19). The summed E-state index contributed by atoms with van der Waals surface area (Å²) in [5.41, 5.74) is -0.403. The minimum absolute atomic E-state index is 0.170. The van der Waals surface area contributed by atoms with Gasteiger partial charge in [-0.15, -0.1) is 0 Å². The van der Waals surface area contributed by atoms with Gasteiger partial charge in [0.25, 0.3) is 5.91 Å². The molecule has 6 heteroatoms. The molecule has 1 aliphatic heterocycles. The van der Waals surface area contributed by atoms with Gasteiger partial charge in [0.2, 0.25) is 5.60 Å². The van der Waals surface area contributed by atoms with Crippen LogP contribution in [0.15, 0.2) is 24.3 Å². The van der Waals surface area contributed by atoms with Crippen LogP contribution < -0.4 is 15.0 Å². The van der Waals surface area contributed by atoms with E-state index in [4.69, 9.17) is 9.84 Å². The molecule has 0 aromatic heterocycles. The van der Waals surface area contributed by atoms with Crippen molar-refractivity contribution in [3.8, 4) is 5.75 Å². The number of para-hydroxylation sites is 2. The number of aliphatic carboxylic acids is 1. The average molecular weight is 292 g/mol. The number of hydrogen-bond acceptors (Lipinski definition) is 4. The Balaban J connectivity index is 2.28. The maximum absolute atomic E-state index is 12.3. The maximum atomic E-state index is 12.3. The van der Waals surface area contributed by atoms with E-state index in [1.165, 1.54) is 0 Å². The fraction of sp³-hybridized carbons (Fsp3) is 0.467. The minimum atomic E-state index is -1.10. The summed E-state index contributed by atoms with van der Waals surface area (Å²) in [5, 5.41) is 11.9. The lowest BCUT2D eigenvalue weighted by atomic mass is 10.0. The zero-order valence-electron chi connectivity index (χ0n) is 12.3. The lowest BCUT2D eigenvalue weighted by Crippen LogP contribution is -2.59. The molecule has 0 aliphatic carbocycles. The summed E-state index contributed by atoms with van der Waals surface area (Å²) in [4.78, 5) is 25.0. The Kier molecular flexibility index (Phi) is 4.35. The molecule has 0 bridgehead atoms. The predicted octanol–water partition coefficient (Wildman–Crippen LogP) is 1.25. The number of carboxylic acid groups (broad SMARTS) is 1. The molecule has 1 amide bonds. The number of nitrogens with one attached hydrogen (secondary N) is 1. The van der Waals surface area contributed by atoms with Gasteiger partial charge in [0, 0.05) is 6.54 Å². The van der Waals surface area contributed by atoms with Gasteiger partial charge in [-0.2, -0.15) is 0 Å². The Morgan fingerprint density at radius 1 is 1.43 bits per heavy atom. The highest BCUT2D eigenvalue weighted by Crippen LogP contribution is 2.36. The number of rotatable bonds is 5. The van der Waals surface area contributed by atoms with Crippen LogP contribution in [0, 0.1) is 0 Å². The van der Waals surface area contributed by atoms with E-state index in [-0.39, 0.29) is 19.0 Å². The van der Waals surface area contributed by atoms with Crippen LogP contribution in [0.3, 0.4) is 0 Å². The van der Waals surface area contributed by atoms with Crippen molar-refractivity contribution in [2.75, 3.05) is 24.5 Å². The monoisotopic (exact) mass is 292 g/mol. The van der Waals surface area contributed by atoms with E-state index in [1.54, 1.807) is 30.0 Å². The van der Waals surface area contributed by atoms with Crippen molar-refractivity contribution in [3.05, 3.63) is 24.3 Å². The molecule has 1 aliphatic rings. The molecule has 0 fully saturated rings. The Bertz CT molecular complexity index is 546. The number of amides is 1. The number of benzene rings is 1. The molecular formula is C15H20N2O4. The van der Waals surface area contributed by atoms with Crippen molar-refractivity contribution in [2.24, 2.45) is 0 Å². The molecule has 2 N–H and O–H groups in total. The third-order valence-electron chi connectivity index (χ3n) is 3.38. The van der Waals surface area contributed by atoms with Crippen molar-refractivity contribution >= 4 is 17.6 Å². The largest absolute Gasteiger partial charge is 0.480 e. The molecule has 1 aromatic carbocycles. The van der Waals surface area contributed by atoms with Crippen molar-refractivity contribution in [1.82, 2.24) is 5.32 Å². The van der Waals surface area contributed by atoms with Crippen molar-refractivity contribution in [2.45, 2.75) is 25.9 Å². The van der Waals surface area contributed by atoms with Crippen LogP contribution in [0.1, 0.15) is 20.3 Å². The Morgan fingerprint density at radius 2 is 2.14 bits per heavy atom. The van der Waals surface area contributed by atoms with Crippen molar-refractivity contribution in [1.29, 1.82) is 0 Å². The Morgan fingerprint density at radius 3 is 2.81 bits per heavy atom. The van der Waals surface area contributed by atoms with E-state index in [0.29, 0.717) is 18.0 Å². The third-order valence-corrected chi connectivity index (χ3v) is 3.38. The summed E-state index contributed by atoms with van der Waals surface area (Å²) in [6.07, 6.45) is 0.831. The van der Waals surface area contributed by atoms with E-state index in [0.717, 1.165) is 6.42 Å². The molecule has 1 heterocycles. The van der Waals surface area contributed by atoms with Gasteiger partial charge in [0.15, 0.2) is 0 Å². The summed E-state index contributed by atoms with van der Waals surface area (Å²) in [7, 11) is 0. The van der Waals surface area contributed by atoms with Gasteiger partial charge in [-0.3, -0.25) is 9.59 Å². The van der Waals surface area contributed by atoms with Crippen LogP contribution >= 0.6 is 0 Å². The van der Waals surface area contributed by atoms with Crippen molar-refractivity contribution < 1.29 is 19.4 Å². The first-order valence-corrected chi connectivity index (χ1v) is 6.99. The average Bonchev–Trinajstić information content (AvgIpc) is 2.44. The molecule has 114 valence electrons. The number of carbonyl (C=O) groups excluding carboxylic acids is 1. The van der Waals surface area contributed by atoms with Gasteiger partial charge >= 0.3 is 5.97 Å². The second-order valence-corrected chi connectivity index (χ2v) is 5.31. The van der Waals surface area contributed by atoms with Crippen molar-refractivity contribution in [3.63, 3.8) is 0 Å². The first-order valence-electron chi connectivity index (χ1n) is 6.99.